The lowest BCUT2D eigenvalue weighted by Gasteiger charge is -2.32. The Bertz CT molecular complexity index is 775. The number of aromatic nitrogens is 1. The van der Waals surface area contributed by atoms with Crippen molar-refractivity contribution in [2.45, 2.75) is 19.3 Å². The third-order valence-electron chi connectivity index (χ3n) is 4.69. The largest absolute Gasteiger partial charge is 0.357 e. The highest BCUT2D eigenvalue weighted by atomic mass is 19.1. The topological polar surface area (TPSA) is 69.0 Å². The first kappa shape index (κ1) is 17.9. The van der Waals surface area contributed by atoms with Gasteiger partial charge in [0.25, 0.3) is 0 Å². The number of pyridine rings is 1. The molecule has 1 N–H and O–H groups in total. The number of rotatable bonds is 5. The van der Waals surface area contributed by atoms with E-state index in [9.17, 15) is 9.18 Å². The van der Waals surface area contributed by atoms with Gasteiger partial charge in [-0.3, -0.25) is 4.79 Å². The van der Waals surface area contributed by atoms with Crippen LogP contribution in [0.25, 0.3) is 0 Å². The van der Waals surface area contributed by atoms with Crippen LogP contribution in [0.5, 0.6) is 0 Å². The predicted octanol–water partition coefficient (Wildman–Crippen LogP) is 2.67. The Kier molecular flexibility index (Phi) is 5.80. The molecule has 5 nitrogen and oxygen atoms in total. The van der Waals surface area contributed by atoms with Gasteiger partial charge in [0, 0.05) is 31.7 Å². The van der Waals surface area contributed by atoms with E-state index in [-0.39, 0.29) is 17.6 Å². The van der Waals surface area contributed by atoms with Crippen LogP contribution in [0.2, 0.25) is 0 Å². The Morgan fingerprint density at radius 2 is 1.96 bits per heavy atom. The van der Waals surface area contributed by atoms with Crippen LogP contribution in [-0.4, -0.2) is 30.5 Å². The van der Waals surface area contributed by atoms with E-state index in [0.29, 0.717) is 18.5 Å². The molecule has 134 valence electrons. The molecule has 6 heteroatoms. The molecule has 0 bridgehead atoms. The van der Waals surface area contributed by atoms with Crippen LogP contribution >= 0.6 is 0 Å². The smallest absolute Gasteiger partial charge is 0.223 e. The summed E-state index contributed by atoms with van der Waals surface area (Å²) >= 11 is 0. The molecular weight excluding hydrogens is 331 g/mol. The highest BCUT2D eigenvalue weighted by Crippen LogP contribution is 2.22. The summed E-state index contributed by atoms with van der Waals surface area (Å²) in [5.41, 5.74) is 1.55. The van der Waals surface area contributed by atoms with Crippen molar-refractivity contribution in [3.8, 4) is 6.07 Å². The summed E-state index contributed by atoms with van der Waals surface area (Å²) in [5, 5.41) is 11.8. The molecule has 0 atom stereocenters. The first-order valence-corrected chi connectivity index (χ1v) is 8.79. The fourth-order valence-electron chi connectivity index (χ4n) is 3.14. The second-order valence-corrected chi connectivity index (χ2v) is 6.45. The molecule has 26 heavy (non-hydrogen) atoms. The van der Waals surface area contributed by atoms with E-state index in [1.54, 1.807) is 24.4 Å². The van der Waals surface area contributed by atoms with Crippen LogP contribution in [0, 0.1) is 23.1 Å². The number of nitriles is 1. The van der Waals surface area contributed by atoms with Gasteiger partial charge >= 0.3 is 0 Å². The van der Waals surface area contributed by atoms with Crippen LogP contribution in [0.1, 0.15) is 24.0 Å². The van der Waals surface area contributed by atoms with Crippen molar-refractivity contribution in [1.29, 1.82) is 5.26 Å². The summed E-state index contributed by atoms with van der Waals surface area (Å²) in [4.78, 5) is 18.8. The number of halogens is 1. The maximum Gasteiger partial charge on any atom is 0.223 e. The minimum absolute atomic E-state index is 0.0119. The summed E-state index contributed by atoms with van der Waals surface area (Å²) in [7, 11) is 0. The molecule has 0 spiro atoms. The number of benzene rings is 1. The number of nitrogens with one attached hydrogen (secondary N) is 1. The standard InChI is InChI=1S/C20H21FN4O/c21-18-4-1-15(2-5-18)7-10-23-20(26)17-8-11-25(12-9-17)19-6-3-16(13-22)14-24-19/h1-6,14,17H,7-12H2,(H,23,26). The van der Waals surface area contributed by atoms with E-state index in [1.807, 2.05) is 6.07 Å². The van der Waals surface area contributed by atoms with Gasteiger partial charge < -0.3 is 10.2 Å². The lowest BCUT2D eigenvalue weighted by atomic mass is 9.96. The van der Waals surface area contributed by atoms with Gasteiger partial charge in [-0.05, 0) is 49.1 Å². The van der Waals surface area contributed by atoms with Crippen molar-refractivity contribution < 1.29 is 9.18 Å². The Hall–Kier alpha value is -2.94. The van der Waals surface area contributed by atoms with E-state index in [1.165, 1.54) is 12.1 Å². The highest BCUT2D eigenvalue weighted by Gasteiger charge is 2.25. The van der Waals surface area contributed by atoms with Crippen LogP contribution < -0.4 is 10.2 Å². The minimum Gasteiger partial charge on any atom is -0.357 e. The molecule has 0 unspecified atom stereocenters. The molecule has 1 aliphatic heterocycles. The molecule has 0 radical (unpaired) electrons. The number of hydrogen-bond donors (Lipinski definition) is 1. The average molecular weight is 352 g/mol. The van der Waals surface area contributed by atoms with E-state index in [0.717, 1.165) is 37.3 Å². The van der Waals surface area contributed by atoms with E-state index >= 15 is 0 Å². The molecule has 2 aromatic rings. The second-order valence-electron chi connectivity index (χ2n) is 6.45. The van der Waals surface area contributed by atoms with Gasteiger partial charge in [-0.2, -0.15) is 5.26 Å². The molecule has 1 aliphatic rings. The Morgan fingerprint density at radius 3 is 2.58 bits per heavy atom. The van der Waals surface area contributed by atoms with Gasteiger partial charge in [0.1, 0.15) is 17.7 Å². The van der Waals surface area contributed by atoms with E-state index in [4.69, 9.17) is 5.26 Å². The predicted molar refractivity (Wildman–Crippen MR) is 97.0 cm³/mol. The van der Waals surface area contributed by atoms with Gasteiger partial charge in [-0.25, -0.2) is 9.37 Å². The van der Waals surface area contributed by atoms with Crippen LogP contribution in [0.4, 0.5) is 10.2 Å². The number of nitrogens with zero attached hydrogens (tertiary/aromatic N) is 3. The van der Waals surface area contributed by atoms with Crippen molar-refractivity contribution >= 4 is 11.7 Å². The molecule has 1 aromatic carbocycles. The van der Waals surface area contributed by atoms with E-state index < -0.39 is 0 Å². The lowest BCUT2D eigenvalue weighted by Crippen LogP contribution is -2.41. The third-order valence-corrected chi connectivity index (χ3v) is 4.69. The zero-order valence-corrected chi connectivity index (χ0v) is 14.5. The van der Waals surface area contributed by atoms with Gasteiger partial charge in [0.15, 0.2) is 0 Å². The van der Waals surface area contributed by atoms with E-state index in [2.05, 4.69) is 21.3 Å². The Morgan fingerprint density at radius 1 is 1.23 bits per heavy atom. The zero-order chi connectivity index (χ0) is 18.4. The fraction of sp³-hybridized carbons (Fsp3) is 0.350. The van der Waals surface area contributed by atoms with Crippen molar-refractivity contribution in [2.24, 2.45) is 5.92 Å². The Labute approximate surface area is 152 Å². The molecule has 0 aliphatic carbocycles. The van der Waals surface area contributed by atoms with Crippen molar-refractivity contribution in [3.05, 3.63) is 59.5 Å². The Balaban J connectivity index is 1.43. The van der Waals surface area contributed by atoms with Crippen LogP contribution in [-0.2, 0) is 11.2 Å². The highest BCUT2D eigenvalue weighted by molar-refractivity contribution is 5.79. The maximum atomic E-state index is 12.9. The minimum atomic E-state index is -0.249. The molecular formula is C20H21FN4O. The monoisotopic (exact) mass is 352 g/mol. The summed E-state index contributed by atoms with van der Waals surface area (Å²) in [6.07, 6.45) is 3.83. The summed E-state index contributed by atoms with van der Waals surface area (Å²) in [6.45, 7) is 2.10. The van der Waals surface area contributed by atoms with Gasteiger partial charge in [-0.15, -0.1) is 0 Å². The number of carbonyl (C=O) groups is 1. The molecule has 1 fully saturated rings. The third kappa shape index (κ3) is 4.57. The number of carbonyl (C=O) groups excluding carboxylic acids is 1. The normalized spacial score (nSPS) is 14.7. The number of hydrogen-bond acceptors (Lipinski definition) is 4. The second kappa shape index (κ2) is 8.43. The van der Waals surface area contributed by atoms with Crippen LogP contribution in [0.15, 0.2) is 42.6 Å². The maximum absolute atomic E-state index is 12.9. The van der Waals surface area contributed by atoms with Gasteiger partial charge in [-0.1, -0.05) is 12.1 Å². The number of anilines is 1. The molecule has 1 aromatic heterocycles. The first-order chi connectivity index (χ1) is 12.7. The number of amides is 1. The lowest BCUT2D eigenvalue weighted by molar-refractivity contribution is -0.125. The van der Waals surface area contributed by atoms with Gasteiger partial charge in [0.2, 0.25) is 5.91 Å². The SMILES string of the molecule is N#Cc1ccc(N2CCC(C(=O)NCCc3ccc(F)cc3)CC2)nc1. The molecule has 2 heterocycles. The molecule has 1 saturated heterocycles. The molecule has 1 amide bonds. The summed E-state index contributed by atoms with van der Waals surface area (Å²) < 4.78 is 12.9. The fourth-order valence-corrected chi connectivity index (χ4v) is 3.14. The summed E-state index contributed by atoms with van der Waals surface area (Å²) in [5.74, 6) is 0.692. The van der Waals surface area contributed by atoms with Crippen molar-refractivity contribution in [3.63, 3.8) is 0 Å². The number of piperidine rings is 1. The van der Waals surface area contributed by atoms with Crippen molar-refractivity contribution in [2.75, 3.05) is 24.5 Å². The zero-order valence-electron chi connectivity index (χ0n) is 14.5. The van der Waals surface area contributed by atoms with Crippen LogP contribution in [0.3, 0.4) is 0 Å². The van der Waals surface area contributed by atoms with Gasteiger partial charge in [0.05, 0.1) is 5.56 Å². The first-order valence-electron chi connectivity index (χ1n) is 8.79. The average Bonchev–Trinajstić information content (AvgIpc) is 2.69. The summed E-state index contributed by atoms with van der Waals surface area (Å²) in [6, 6.07) is 12.0. The quantitative estimate of drug-likeness (QED) is 0.898. The molecule has 3 rings (SSSR count). The molecule has 0 saturated carbocycles. The van der Waals surface area contributed by atoms with Crippen molar-refractivity contribution in [1.82, 2.24) is 10.3 Å².